The molecule has 0 heterocycles. The second kappa shape index (κ2) is 8.84. The fraction of sp³-hybridized carbons (Fsp3) is 0.211. The van der Waals surface area contributed by atoms with Crippen LogP contribution in [0.4, 0.5) is 4.39 Å². The Labute approximate surface area is 141 Å². The Kier molecular flexibility index (Phi) is 6.51. The minimum Gasteiger partial charge on any atom is -0.487 e. The Bertz CT molecular complexity index is 684. The van der Waals surface area contributed by atoms with Crippen molar-refractivity contribution >= 4 is 5.91 Å². The normalized spacial score (nSPS) is 12.5. The zero-order valence-electron chi connectivity index (χ0n) is 13.5. The van der Waals surface area contributed by atoms with Gasteiger partial charge in [0.1, 0.15) is 18.2 Å². The van der Waals surface area contributed by atoms with Crippen LogP contribution in [0, 0.1) is 0 Å². The number of nitrogens with one attached hydrogen (secondary N) is 1. The molecule has 3 N–H and O–H groups in total. The molecule has 4 nitrogen and oxygen atoms in total. The second-order valence-electron chi connectivity index (χ2n) is 5.31. The Morgan fingerprint density at radius 1 is 1.21 bits per heavy atom. The molecule has 24 heavy (non-hydrogen) atoms. The summed E-state index contributed by atoms with van der Waals surface area (Å²) >= 11 is 0. The third-order valence-electron chi connectivity index (χ3n) is 3.48. The number of ether oxygens (including phenoxy) is 1. The number of halogens is 1. The van der Waals surface area contributed by atoms with E-state index in [1.165, 1.54) is 6.08 Å². The highest BCUT2D eigenvalue weighted by atomic mass is 19.1. The average Bonchev–Trinajstić information content (AvgIpc) is 2.61. The van der Waals surface area contributed by atoms with E-state index in [-0.39, 0.29) is 25.1 Å². The van der Waals surface area contributed by atoms with Crippen LogP contribution in [0.5, 0.6) is 5.75 Å². The summed E-state index contributed by atoms with van der Waals surface area (Å²) in [6.07, 6.45) is 1.26. The van der Waals surface area contributed by atoms with Crippen molar-refractivity contribution in [2.45, 2.75) is 13.0 Å². The molecule has 0 saturated carbocycles. The largest absolute Gasteiger partial charge is 0.487 e. The number of amides is 1. The molecule has 1 atom stereocenters. The van der Waals surface area contributed by atoms with Gasteiger partial charge < -0.3 is 15.8 Å². The molecule has 1 amide bonds. The van der Waals surface area contributed by atoms with Crippen LogP contribution in [-0.2, 0) is 0 Å². The van der Waals surface area contributed by atoms with Gasteiger partial charge in [-0.1, -0.05) is 30.3 Å². The van der Waals surface area contributed by atoms with Crippen molar-refractivity contribution in [1.82, 2.24) is 5.32 Å². The topological polar surface area (TPSA) is 64.3 Å². The fourth-order valence-corrected chi connectivity index (χ4v) is 2.15. The number of benzene rings is 2. The minimum absolute atomic E-state index is 0.0925. The van der Waals surface area contributed by atoms with E-state index in [2.05, 4.69) is 5.32 Å². The highest BCUT2D eigenvalue weighted by Crippen LogP contribution is 2.16. The van der Waals surface area contributed by atoms with Crippen molar-refractivity contribution in [3.63, 3.8) is 0 Å². The quantitative estimate of drug-likeness (QED) is 0.819. The highest BCUT2D eigenvalue weighted by molar-refractivity contribution is 5.94. The molecule has 0 fully saturated rings. The van der Waals surface area contributed by atoms with E-state index in [1.54, 1.807) is 24.3 Å². The molecule has 0 aliphatic heterocycles. The first-order chi connectivity index (χ1) is 11.6. The maximum Gasteiger partial charge on any atom is 0.251 e. The lowest BCUT2D eigenvalue weighted by Crippen LogP contribution is -2.26. The standard InChI is InChI=1S/C19H21FN2O2/c1-14(15-5-3-2-4-6-15)22-19(23)16-7-9-18(10-8-16)24-13-17(20)11-12-21/h2-11,14H,12-13,21H2,1H3,(H,22,23)/b17-11+. The molecular weight excluding hydrogens is 307 g/mol. The van der Waals surface area contributed by atoms with Gasteiger partial charge >= 0.3 is 0 Å². The first-order valence-electron chi connectivity index (χ1n) is 7.73. The number of nitrogens with two attached hydrogens (primary N) is 1. The molecule has 0 saturated heterocycles. The van der Waals surface area contributed by atoms with Gasteiger partial charge in [-0.2, -0.15) is 0 Å². The van der Waals surface area contributed by atoms with Gasteiger partial charge in [-0.3, -0.25) is 4.79 Å². The van der Waals surface area contributed by atoms with Crippen molar-refractivity contribution in [2.75, 3.05) is 13.2 Å². The summed E-state index contributed by atoms with van der Waals surface area (Å²) in [6.45, 7) is 1.89. The van der Waals surface area contributed by atoms with E-state index < -0.39 is 5.83 Å². The third kappa shape index (κ3) is 5.21. The highest BCUT2D eigenvalue weighted by Gasteiger charge is 2.11. The molecule has 2 aromatic rings. The van der Waals surface area contributed by atoms with Crippen LogP contribution < -0.4 is 15.8 Å². The molecule has 2 rings (SSSR count). The summed E-state index contributed by atoms with van der Waals surface area (Å²) in [5.74, 6) is -0.105. The molecule has 0 bridgehead atoms. The first-order valence-corrected chi connectivity index (χ1v) is 7.73. The summed E-state index contributed by atoms with van der Waals surface area (Å²) in [4.78, 5) is 12.3. The average molecular weight is 328 g/mol. The van der Waals surface area contributed by atoms with Gasteiger partial charge in [0, 0.05) is 12.1 Å². The van der Waals surface area contributed by atoms with Crippen molar-refractivity contribution in [3.05, 3.63) is 77.6 Å². The van der Waals surface area contributed by atoms with E-state index in [0.717, 1.165) is 5.56 Å². The molecule has 1 unspecified atom stereocenters. The molecule has 0 spiro atoms. The van der Waals surface area contributed by atoms with Crippen molar-refractivity contribution in [2.24, 2.45) is 5.73 Å². The van der Waals surface area contributed by atoms with E-state index in [1.807, 2.05) is 37.3 Å². The van der Waals surface area contributed by atoms with Gasteiger partial charge in [0.05, 0.1) is 6.04 Å². The second-order valence-corrected chi connectivity index (χ2v) is 5.31. The predicted octanol–water partition coefficient (Wildman–Crippen LogP) is 3.37. The van der Waals surface area contributed by atoms with Gasteiger partial charge in [-0.05, 0) is 42.8 Å². The number of carbonyl (C=O) groups excluding carboxylic acids is 1. The first kappa shape index (κ1) is 17.7. The zero-order chi connectivity index (χ0) is 17.4. The number of hydrogen-bond acceptors (Lipinski definition) is 3. The van der Waals surface area contributed by atoms with Crippen LogP contribution in [0.2, 0.25) is 0 Å². The van der Waals surface area contributed by atoms with Crippen LogP contribution in [0.3, 0.4) is 0 Å². The monoisotopic (exact) mass is 328 g/mol. The van der Waals surface area contributed by atoms with E-state index in [4.69, 9.17) is 10.5 Å². The van der Waals surface area contributed by atoms with Crippen LogP contribution in [-0.4, -0.2) is 19.1 Å². The van der Waals surface area contributed by atoms with Gasteiger partial charge in [-0.25, -0.2) is 4.39 Å². The van der Waals surface area contributed by atoms with E-state index in [9.17, 15) is 9.18 Å². The van der Waals surface area contributed by atoms with Crippen molar-refractivity contribution < 1.29 is 13.9 Å². The Morgan fingerprint density at radius 3 is 2.50 bits per heavy atom. The maximum absolute atomic E-state index is 13.2. The Balaban J connectivity index is 1.92. The Morgan fingerprint density at radius 2 is 1.88 bits per heavy atom. The summed E-state index contributed by atoms with van der Waals surface area (Å²) in [5, 5.41) is 2.94. The molecule has 5 heteroatoms. The van der Waals surface area contributed by atoms with Gasteiger partial charge in [0.25, 0.3) is 5.91 Å². The van der Waals surface area contributed by atoms with Gasteiger partial charge in [-0.15, -0.1) is 0 Å². The van der Waals surface area contributed by atoms with E-state index >= 15 is 0 Å². The maximum atomic E-state index is 13.2. The van der Waals surface area contributed by atoms with Crippen LogP contribution >= 0.6 is 0 Å². The number of hydrogen-bond donors (Lipinski definition) is 2. The summed E-state index contributed by atoms with van der Waals surface area (Å²) in [7, 11) is 0. The number of carbonyl (C=O) groups is 1. The lowest BCUT2D eigenvalue weighted by atomic mass is 10.1. The van der Waals surface area contributed by atoms with Crippen LogP contribution in [0.25, 0.3) is 0 Å². The lowest BCUT2D eigenvalue weighted by molar-refractivity contribution is 0.0940. The molecule has 2 aromatic carbocycles. The predicted molar refractivity (Wildman–Crippen MR) is 92.5 cm³/mol. The number of rotatable bonds is 7. The van der Waals surface area contributed by atoms with E-state index in [0.29, 0.717) is 11.3 Å². The summed E-state index contributed by atoms with van der Waals surface area (Å²) < 4.78 is 18.5. The van der Waals surface area contributed by atoms with Crippen molar-refractivity contribution in [1.29, 1.82) is 0 Å². The molecular formula is C19H21FN2O2. The summed E-state index contributed by atoms with van der Waals surface area (Å²) in [5.41, 5.74) is 6.77. The zero-order valence-corrected chi connectivity index (χ0v) is 13.5. The van der Waals surface area contributed by atoms with Gasteiger partial charge in [0.2, 0.25) is 0 Å². The lowest BCUT2D eigenvalue weighted by Gasteiger charge is -2.14. The van der Waals surface area contributed by atoms with Crippen molar-refractivity contribution in [3.8, 4) is 5.75 Å². The molecule has 0 aromatic heterocycles. The summed E-state index contributed by atoms with van der Waals surface area (Å²) in [6, 6.07) is 16.2. The molecule has 126 valence electrons. The minimum atomic E-state index is -0.420. The van der Waals surface area contributed by atoms with Crippen LogP contribution in [0.15, 0.2) is 66.5 Å². The van der Waals surface area contributed by atoms with Gasteiger partial charge in [0.15, 0.2) is 0 Å². The smallest absolute Gasteiger partial charge is 0.251 e. The molecule has 0 radical (unpaired) electrons. The SMILES string of the molecule is CC(NC(=O)c1ccc(OC/C(F)=C\CN)cc1)c1ccccc1. The fourth-order valence-electron chi connectivity index (χ4n) is 2.15. The Hall–Kier alpha value is -2.66. The third-order valence-corrected chi connectivity index (χ3v) is 3.48. The molecule has 0 aliphatic carbocycles. The molecule has 0 aliphatic rings. The van der Waals surface area contributed by atoms with Crippen LogP contribution in [0.1, 0.15) is 28.9 Å².